The number of carbonyl (C=O) groups is 2. The van der Waals surface area contributed by atoms with E-state index in [0.29, 0.717) is 17.4 Å². The van der Waals surface area contributed by atoms with Crippen LogP contribution >= 0.6 is 11.6 Å². The Hall–Kier alpha value is -2.38. The summed E-state index contributed by atoms with van der Waals surface area (Å²) in [5, 5.41) is 10.8. The summed E-state index contributed by atoms with van der Waals surface area (Å²) >= 11 is 6.00. The summed E-state index contributed by atoms with van der Waals surface area (Å²) < 4.78 is 10.8. The Kier molecular flexibility index (Phi) is 5.12. The van der Waals surface area contributed by atoms with Crippen LogP contribution in [0.1, 0.15) is 37.8 Å². The first kappa shape index (κ1) is 19.0. The number of H-pyrrole nitrogens is 1. The second-order valence-corrected chi connectivity index (χ2v) is 7.79. The maximum absolute atomic E-state index is 13.1. The van der Waals surface area contributed by atoms with Crippen molar-refractivity contribution in [3.05, 3.63) is 35.0 Å². The number of hydrogen-bond acceptors (Lipinski definition) is 5. The highest BCUT2D eigenvalue weighted by Gasteiger charge is 2.54. The highest BCUT2D eigenvalue weighted by atomic mass is 35.5. The van der Waals surface area contributed by atoms with Crippen LogP contribution in [0.3, 0.4) is 0 Å². The number of ether oxygens (including phenoxy) is 2. The van der Waals surface area contributed by atoms with E-state index in [9.17, 15) is 9.59 Å². The van der Waals surface area contributed by atoms with E-state index in [0.717, 1.165) is 42.5 Å². The van der Waals surface area contributed by atoms with Crippen molar-refractivity contribution in [2.45, 2.75) is 44.3 Å². The number of halogens is 1. The van der Waals surface area contributed by atoms with E-state index in [1.54, 1.807) is 19.2 Å². The molecule has 1 saturated carbocycles. The number of nitrogens with one attached hydrogen (secondary N) is 2. The number of aromatic amines is 1. The molecule has 4 rings (SSSR count). The summed E-state index contributed by atoms with van der Waals surface area (Å²) in [7, 11) is 1.59. The Morgan fingerprint density at radius 1 is 1.36 bits per heavy atom. The van der Waals surface area contributed by atoms with Crippen LogP contribution in [0.15, 0.2) is 24.3 Å². The zero-order chi connectivity index (χ0) is 19.7. The number of esters is 1. The van der Waals surface area contributed by atoms with Gasteiger partial charge in [0.25, 0.3) is 0 Å². The minimum Gasteiger partial charge on any atom is -0.458 e. The fraction of sp³-hybridized carbons (Fsp3) is 0.450. The van der Waals surface area contributed by atoms with Gasteiger partial charge in [-0.05, 0) is 43.4 Å². The lowest BCUT2D eigenvalue weighted by atomic mass is 9.85. The third-order valence-electron chi connectivity index (χ3n) is 5.59. The van der Waals surface area contributed by atoms with Crippen LogP contribution in [0, 0.1) is 5.92 Å². The van der Waals surface area contributed by atoms with E-state index >= 15 is 0 Å². The van der Waals surface area contributed by atoms with Gasteiger partial charge in [-0.1, -0.05) is 23.7 Å². The zero-order valence-electron chi connectivity index (χ0n) is 15.6. The highest BCUT2D eigenvalue weighted by Crippen LogP contribution is 2.46. The Bertz CT molecular complexity index is 887. The molecule has 2 aromatic rings. The predicted molar refractivity (Wildman–Crippen MR) is 104 cm³/mol. The van der Waals surface area contributed by atoms with E-state index in [1.807, 2.05) is 12.1 Å². The van der Waals surface area contributed by atoms with Gasteiger partial charge in [-0.15, -0.1) is 0 Å². The normalized spacial score (nSPS) is 20.5. The molecular weight excluding hydrogens is 382 g/mol. The molecule has 1 spiro atoms. The van der Waals surface area contributed by atoms with Crippen LogP contribution in [0.2, 0.25) is 5.02 Å². The molecule has 28 heavy (non-hydrogen) atoms. The lowest BCUT2D eigenvalue weighted by Crippen LogP contribution is -2.39. The van der Waals surface area contributed by atoms with Crippen LogP contribution in [-0.4, -0.2) is 34.8 Å². The highest BCUT2D eigenvalue weighted by molar-refractivity contribution is 6.30. The molecule has 8 heteroatoms. The topological polar surface area (TPSA) is 93.3 Å². The van der Waals surface area contributed by atoms with Crippen molar-refractivity contribution < 1.29 is 19.1 Å². The number of nitrogens with zero attached hydrogens (tertiary/aromatic N) is 1. The summed E-state index contributed by atoms with van der Waals surface area (Å²) in [4.78, 5) is 25.0. The number of hydrogen-bond donors (Lipinski definition) is 2. The van der Waals surface area contributed by atoms with E-state index < -0.39 is 11.5 Å². The average Bonchev–Trinajstić information content (AvgIpc) is 3.37. The summed E-state index contributed by atoms with van der Waals surface area (Å²) in [6.45, 7) is 0.315. The molecule has 1 amide bonds. The summed E-state index contributed by atoms with van der Waals surface area (Å²) in [6, 6.07) is 7.29. The van der Waals surface area contributed by atoms with Crippen LogP contribution in [0.25, 0.3) is 11.1 Å². The number of benzene rings is 1. The van der Waals surface area contributed by atoms with Crippen molar-refractivity contribution in [1.82, 2.24) is 10.2 Å². The number of amides is 1. The van der Waals surface area contributed by atoms with Gasteiger partial charge in [-0.3, -0.25) is 14.7 Å². The van der Waals surface area contributed by atoms with Crippen LogP contribution in [0.4, 0.5) is 5.82 Å². The molecule has 2 aliphatic rings. The minimum absolute atomic E-state index is 0.109. The van der Waals surface area contributed by atoms with Crippen LogP contribution < -0.4 is 5.32 Å². The molecule has 1 aliphatic heterocycles. The molecule has 148 valence electrons. The molecule has 1 unspecified atom stereocenters. The van der Waals surface area contributed by atoms with Gasteiger partial charge in [-0.2, -0.15) is 5.10 Å². The van der Waals surface area contributed by atoms with E-state index in [-0.39, 0.29) is 18.3 Å². The number of carbonyl (C=O) groups excluding carboxylic acids is 2. The molecule has 0 bridgehead atoms. The van der Waals surface area contributed by atoms with Gasteiger partial charge >= 0.3 is 5.97 Å². The Labute approximate surface area is 167 Å². The molecule has 1 aromatic carbocycles. The zero-order valence-corrected chi connectivity index (χ0v) is 16.3. The van der Waals surface area contributed by atoms with Crippen molar-refractivity contribution in [2.24, 2.45) is 5.92 Å². The second kappa shape index (κ2) is 7.56. The number of aromatic nitrogens is 2. The molecule has 7 nitrogen and oxygen atoms in total. The van der Waals surface area contributed by atoms with Gasteiger partial charge < -0.3 is 14.8 Å². The summed E-state index contributed by atoms with van der Waals surface area (Å²) in [5.41, 5.74) is 1.69. The predicted octanol–water partition coefficient (Wildman–Crippen LogP) is 3.69. The van der Waals surface area contributed by atoms with E-state index in [1.165, 1.54) is 0 Å². The third-order valence-corrected chi connectivity index (χ3v) is 5.85. The second-order valence-electron chi connectivity index (χ2n) is 7.36. The first-order valence-corrected chi connectivity index (χ1v) is 9.75. The van der Waals surface area contributed by atoms with Gasteiger partial charge in [0.15, 0.2) is 5.82 Å². The largest absolute Gasteiger partial charge is 0.458 e. The fourth-order valence-electron chi connectivity index (χ4n) is 4.30. The average molecular weight is 404 g/mol. The lowest BCUT2D eigenvalue weighted by molar-refractivity contribution is -0.149. The van der Waals surface area contributed by atoms with Crippen molar-refractivity contribution in [3.8, 4) is 11.1 Å². The van der Waals surface area contributed by atoms with Crippen molar-refractivity contribution in [1.29, 1.82) is 0 Å². The first-order chi connectivity index (χ1) is 13.5. The number of anilines is 1. The molecule has 1 saturated heterocycles. The molecule has 2 heterocycles. The Morgan fingerprint density at radius 2 is 2.07 bits per heavy atom. The first-order valence-electron chi connectivity index (χ1n) is 9.37. The van der Waals surface area contributed by atoms with Crippen LogP contribution in [-0.2, 0) is 25.7 Å². The Morgan fingerprint density at radius 3 is 2.75 bits per heavy atom. The van der Waals surface area contributed by atoms with Gasteiger partial charge in [0.2, 0.25) is 5.91 Å². The monoisotopic (exact) mass is 403 g/mol. The van der Waals surface area contributed by atoms with Gasteiger partial charge in [-0.25, -0.2) is 0 Å². The molecule has 0 radical (unpaired) electrons. The van der Waals surface area contributed by atoms with Crippen LogP contribution in [0.5, 0.6) is 0 Å². The standard InChI is InChI=1S/C20H22ClN3O4/c1-27-11-15-17(12-4-6-13(21)7-5-12)18(24-23-15)22-19(26)14-10-16(25)28-20(14)8-2-3-9-20/h4-7,14H,2-3,8-11H2,1H3,(H2,22,23,24,26). The van der Waals surface area contributed by atoms with Crippen molar-refractivity contribution in [2.75, 3.05) is 12.4 Å². The van der Waals surface area contributed by atoms with Crippen molar-refractivity contribution >= 4 is 29.3 Å². The van der Waals surface area contributed by atoms with Gasteiger partial charge in [0, 0.05) is 17.7 Å². The number of methoxy groups -OCH3 is 1. The van der Waals surface area contributed by atoms with E-state index in [4.69, 9.17) is 21.1 Å². The number of rotatable bonds is 5. The molecule has 1 aliphatic carbocycles. The maximum atomic E-state index is 13.1. The summed E-state index contributed by atoms with van der Waals surface area (Å²) in [6.07, 6.45) is 3.51. The van der Waals surface area contributed by atoms with Crippen molar-refractivity contribution in [3.63, 3.8) is 0 Å². The minimum atomic E-state index is -0.659. The maximum Gasteiger partial charge on any atom is 0.307 e. The third kappa shape index (κ3) is 3.40. The smallest absolute Gasteiger partial charge is 0.307 e. The lowest BCUT2D eigenvalue weighted by Gasteiger charge is -2.27. The molecule has 1 atom stereocenters. The molecular formula is C20H22ClN3O4. The molecule has 2 fully saturated rings. The van der Waals surface area contributed by atoms with E-state index in [2.05, 4.69) is 15.5 Å². The fourth-order valence-corrected chi connectivity index (χ4v) is 4.42. The SMILES string of the molecule is COCc1[nH]nc(NC(=O)C2CC(=O)OC23CCCC3)c1-c1ccc(Cl)cc1. The van der Waals surface area contributed by atoms with Gasteiger partial charge in [0.1, 0.15) is 5.60 Å². The van der Waals surface area contributed by atoms with Gasteiger partial charge in [0.05, 0.1) is 24.6 Å². The Balaban J connectivity index is 1.63. The molecule has 1 aromatic heterocycles. The molecule has 2 N–H and O–H groups in total. The quantitative estimate of drug-likeness (QED) is 0.742. The summed E-state index contributed by atoms with van der Waals surface area (Å²) in [5.74, 6) is -0.629.